The Morgan fingerprint density at radius 1 is 0.902 bits per heavy atom. The minimum Gasteiger partial charge on any atom is -0.460 e. The van der Waals surface area contributed by atoms with Crippen LogP contribution in [0.4, 0.5) is 10.5 Å². The summed E-state index contributed by atoms with van der Waals surface area (Å²) in [5, 5.41) is 12.7. The summed E-state index contributed by atoms with van der Waals surface area (Å²) >= 11 is 0. The molecule has 1 aromatic carbocycles. The SMILES string of the molecule is CC(C)[C@@H](NC(=O)CNC(=O)CN)C(=O)N[C@H](CCCNC(N)=O)C(=O)Nc1ccc(COC(=O)C(C)(C)C)cc1. The Balaban J connectivity index is 2.91. The van der Waals surface area contributed by atoms with Crippen LogP contribution in [0.25, 0.3) is 0 Å². The maximum absolute atomic E-state index is 13.2. The number of hydrogen-bond acceptors (Lipinski definition) is 8. The van der Waals surface area contributed by atoms with E-state index < -0.39 is 47.2 Å². The zero-order valence-corrected chi connectivity index (χ0v) is 24.3. The summed E-state index contributed by atoms with van der Waals surface area (Å²) in [5.74, 6) is -2.92. The van der Waals surface area contributed by atoms with E-state index in [1.807, 2.05) is 0 Å². The lowest BCUT2D eigenvalue weighted by molar-refractivity contribution is -0.154. The Morgan fingerprint density at radius 3 is 2.07 bits per heavy atom. The van der Waals surface area contributed by atoms with Gasteiger partial charge >= 0.3 is 12.0 Å². The number of nitrogens with two attached hydrogens (primary N) is 2. The van der Waals surface area contributed by atoms with Crippen molar-refractivity contribution in [2.75, 3.05) is 25.0 Å². The number of rotatable bonds is 15. The lowest BCUT2D eigenvalue weighted by atomic mass is 9.97. The molecule has 0 aliphatic carbocycles. The first-order chi connectivity index (χ1) is 19.1. The Morgan fingerprint density at radius 2 is 1.54 bits per heavy atom. The third-order valence-electron chi connectivity index (χ3n) is 5.70. The van der Waals surface area contributed by atoms with Crippen LogP contribution in [0.15, 0.2) is 24.3 Å². The third-order valence-corrected chi connectivity index (χ3v) is 5.70. The Kier molecular flexibility index (Phi) is 14.3. The number of urea groups is 1. The molecule has 2 atom stereocenters. The van der Waals surface area contributed by atoms with Crippen molar-refractivity contribution in [2.24, 2.45) is 22.8 Å². The molecular weight excluding hydrogens is 534 g/mol. The monoisotopic (exact) mass is 577 g/mol. The van der Waals surface area contributed by atoms with Gasteiger partial charge in [0.2, 0.25) is 23.6 Å². The van der Waals surface area contributed by atoms with Crippen LogP contribution >= 0.6 is 0 Å². The highest BCUT2D eigenvalue weighted by Crippen LogP contribution is 2.17. The number of hydrogen-bond donors (Lipinski definition) is 7. The van der Waals surface area contributed by atoms with Gasteiger partial charge in [-0.25, -0.2) is 4.79 Å². The second-order valence-electron chi connectivity index (χ2n) is 10.8. The first kappa shape index (κ1) is 34.8. The fourth-order valence-electron chi connectivity index (χ4n) is 3.34. The molecule has 0 saturated carbocycles. The average Bonchev–Trinajstić information content (AvgIpc) is 2.90. The number of carbonyl (C=O) groups excluding carboxylic acids is 6. The second-order valence-corrected chi connectivity index (χ2v) is 10.8. The molecule has 0 radical (unpaired) electrons. The van der Waals surface area contributed by atoms with Crippen LogP contribution in [-0.2, 0) is 35.3 Å². The molecule has 9 N–H and O–H groups in total. The lowest BCUT2D eigenvalue weighted by Gasteiger charge is -2.25. The molecule has 0 saturated heterocycles. The molecule has 41 heavy (non-hydrogen) atoms. The first-order valence-electron chi connectivity index (χ1n) is 13.3. The van der Waals surface area contributed by atoms with Crippen molar-refractivity contribution in [3.05, 3.63) is 29.8 Å². The highest BCUT2D eigenvalue weighted by atomic mass is 16.5. The fourth-order valence-corrected chi connectivity index (χ4v) is 3.34. The third kappa shape index (κ3) is 13.6. The van der Waals surface area contributed by atoms with Gasteiger partial charge in [-0.1, -0.05) is 26.0 Å². The van der Waals surface area contributed by atoms with Gasteiger partial charge in [-0.2, -0.15) is 0 Å². The summed E-state index contributed by atoms with van der Waals surface area (Å²) in [6.45, 7) is 8.32. The van der Waals surface area contributed by atoms with E-state index in [0.717, 1.165) is 5.56 Å². The number of anilines is 1. The molecular formula is C27H43N7O7. The van der Waals surface area contributed by atoms with Crippen LogP contribution in [0.3, 0.4) is 0 Å². The van der Waals surface area contributed by atoms with Crippen LogP contribution < -0.4 is 38.1 Å². The molecule has 0 unspecified atom stereocenters. The molecule has 6 amide bonds. The first-order valence-corrected chi connectivity index (χ1v) is 13.3. The van der Waals surface area contributed by atoms with Crippen molar-refractivity contribution >= 4 is 41.3 Å². The molecule has 0 spiro atoms. The minimum absolute atomic E-state index is 0.0775. The van der Waals surface area contributed by atoms with Crippen LogP contribution in [0.2, 0.25) is 0 Å². The summed E-state index contributed by atoms with van der Waals surface area (Å²) in [5.41, 5.74) is 10.8. The highest BCUT2D eigenvalue weighted by Gasteiger charge is 2.29. The molecule has 0 aliphatic rings. The van der Waals surface area contributed by atoms with Crippen molar-refractivity contribution in [3.8, 4) is 0 Å². The normalized spacial score (nSPS) is 12.5. The second kappa shape index (κ2) is 16.8. The predicted molar refractivity (Wildman–Crippen MR) is 152 cm³/mol. The van der Waals surface area contributed by atoms with Gasteiger partial charge in [0.1, 0.15) is 18.7 Å². The fraction of sp³-hybridized carbons (Fsp3) is 0.556. The van der Waals surface area contributed by atoms with E-state index in [1.165, 1.54) is 0 Å². The molecule has 0 bridgehead atoms. The summed E-state index contributed by atoms with van der Waals surface area (Å²) in [6.07, 6.45) is 0.479. The van der Waals surface area contributed by atoms with Crippen molar-refractivity contribution in [2.45, 2.75) is 66.2 Å². The molecule has 1 rings (SSSR count). The number of carbonyl (C=O) groups is 6. The summed E-state index contributed by atoms with van der Waals surface area (Å²) in [4.78, 5) is 72.9. The van der Waals surface area contributed by atoms with Gasteiger partial charge in [0, 0.05) is 12.2 Å². The number of esters is 1. The van der Waals surface area contributed by atoms with Crippen molar-refractivity contribution in [1.29, 1.82) is 0 Å². The molecule has 0 aliphatic heterocycles. The van der Waals surface area contributed by atoms with Crippen LogP contribution in [0.1, 0.15) is 53.0 Å². The molecule has 0 fully saturated rings. The molecule has 14 heteroatoms. The smallest absolute Gasteiger partial charge is 0.312 e. The van der Waals surface area contributed by atoms with E-state index in [0.29, 0.717) is 12.1 Å². The van der Waals surface area contributed by atoms with E-state index in [1.54, 1.807) is 58.9 Å². The van der Waals surface area contributed by atoms with Crippen molar-refractivity contribution in [1.82, 2.24) is 21.3 Å². The van der Waals surface area contributed by atoms with E-state index in [9.17, 15) is 28.8 Å². The maximum atomic E-state index is 13.2. The summed E-state index contributed by atoms with van der Waals surface area (Å²) in [7, 11) is 0. The van der Waals surface area contributed by atoms with E-state index in [4.69, 9.17) is 16.2 Å². The van der Waals surface area contributed by atoms with E-state index >= 15 is 0 Å². The Hall–Kier alpha value is -4.20. The minimum atomic E-state index is -1.01. The van der Waals surface area contributed by atoms with Gasteiger partial charge in [0.05, 0.1) is 18.5 Å². The zero-order chi connectivity index (χ0) is 31.2. The van der Waals surface area contributed by atoms with E-state index in [2.05, 4.69) is 26.6 Å². The summed E-state index contributed by atoms with van der Waals surface area (Å²) in [6, 6.07) is 3.95. The van der Waals surface area contributed by atoms with Crippen LogP contribution in [0, 0.1) is 11.3 Å². The van der Waals surface area contributed by atoms with Crippen LogP contribution in [-0.4, -0.2) is 67.3 Å². The summed E-state index contributed by atoms with van der Waals surface area (Å²) < 4.78 is 5.30. The molecule has 14 nitrogen and oxygen atoms in total. The Bertz CT molecular complexity index is 1070. The number of primary amides is 1. The average molecular weight is 578 g/mol. The van der Waals surface area contributed by atoms with Crippen LogP contribution in [0.5, 0.6) is 0 Å². The number of amides is 6. The van der Waals surface area contributed by atoms with Crippen molar-refractivity contribution in [3.63, 3.8) is 0 Å². The van der Waals surface area contributed by atoms with Gasteiger partial charge in [0.25, 0.3) is 0 Å². The molecule has 1 aromatic rings. The zero-order valence-electron chi connectivity index (χ0n) is 24.3. The molecule has 0 aromatic heterocycles. The van der Waals surface area contributed by atoms with Gasteiger partial charge in [-0.15, -0.1) is 0 Å². The lowest BCUT2D eigenvalue weighted by Crippen LogP contribution is -2.55. The maximum Gasteiger partial charge on any atom is 0.312 e. The van der Waals surface area contributed by atoms with Gasteiger partial charge in [-0.3, -0.25) is 24.0 Å². The highest BCUT2D eigenvalue weighted by molar-refractivity contribution is 5.98. The van der Waals surface area contributed by atoms with Gasteiger partial charge in [-0.05, 0) is 57.2 Å². The number of ether oxygens (including phenoxy) is 1. The van der Waals surface area contributed by atoms with Gasteiger partial charge < -0.3 is 42.8 Å². The molecule has 228 valence electrons. The van der Waals surface area contributed by atoms with Gasteiger partial charge in [0.15, 0.2) is 0 Å². The number of nitrogens with one attached hydrogen (secondary N) is 5. The van der Waals surface area contributed by atoms with Crippen molar-refractivity contribution < 1.29 is 33.5 Å². The predicted octanol–water partition coefficient (Wildman–Crippen LogP) is -0.137. The Labute approximate surface area is 240 Å². The topological polar surface area (TPSA) is 224 Å². The molecule has 0 heterocycles. The number of benzene rings is 1. The van der Waals surface area contributed by atoms with E-state index in [-0.39, 0.29) is 44.5 Å². The standard InChI is InChI=1S/C27H43N7O7/c1-16(2)22(34-21(36)14-31-20(35)13-28)24(38)33-19(7-6-12-30-26(29)40)23(37)32-18-10-8-17(9-11-18)15-41-25(39)27(3,4)5/h8-11,16,19,22H,6-7,12-15,28H2,1-5H3,(H,31,35)(H,32,37)(H,33,38)(H,34,36)(H3,29,30,40)/t19-,22-/m1/s1. The largest absolute Gasteiger partial charge is 0.460 e. The quantitative estimate of drug-likeness (QED) is 0.109.